The fraction of sp³-hybridized carbons (Fsp3) is 0.462. The SMILES string of the molecule is COCC(Cl)CNC(=O)c1ccc(OC)c(OC)c1. The molecule has 6 heteroatoms. The van der Waals surface area contributed by atoms with E-state index in [4.69, 9.17) is 25.8 Å². The Balaban J connectivity index is 2.67. The summed E-state index contributed by atoms with van der Waals surface area (Å²) in [6.07, 6.45) is 0. The van der Waals surface area contributed by atoms with E-state index < -0.39 is 0 Å². The molecule has 0 bridgehead atoms. The van der Waals surface area contributed by atoms with Crippen LogP contribution >= 0.6 is 11.6 Å². The van der Waals surface area contributed by atoms with E-state index in [1.54, 1.807) is 32.4 Å². The van der Waals surface area contributed by atoms with E-state index in [1.165, 1.54) is 7.11 Å². The van der Waals surface area contributed by atoms with Crippen molar-refractivity contribution in [3.63, 3.8) is 0 Å². The number of benzene rings is 1. The Bertz CT molecular complexity index is 425. The van der Waals surface area contributed by atoms with Crippen molar-refractivity contribution in [1.82, 2.24) is 5.32 Å². The monoisotopic (exact) mass is 287 g/mol. The normalized spacial score (nSPS) is 11.8. The van der Waals surface area contributed by atoms with E-state index in [1.807, 2.05) is 0 Å². The molecule has 0 saturated heterocycles. The van der Waals surface area contributed by atoms with Gasteiger partial charge in [0.2, 0.25) is 0 Å². The summed E-state index contributed by atoms with van der Waals surface area (Å²) in [7, 11) is 4.62. The molecule has 1 unspecified atom stereocenters. The molecule has 1 N–H and O–H groups in total. The van der Waals surface area contributed by atoms with Gasteiger partial charge in [-0.3, -0.25) is 4.79 Å². The predicted molar refractivity (Wildman–Crippen MR) is 73.4 cm³/mol. The van der Waals surface area contributed by atoms with Gasteiger partial charge in [0.05, 0.1) is 26.2 Å². The van der Waals surface area contributed by atoms with Crippen LogP contribution in [0.15, 0.2) is 18.2 Å². The average Bonchev–Trinajstić information content (AvgIpc) is 2.44. The Labute approximate surface area is 117 Å². The van der Waals surface area contributed by atoms with Gasteiger partial charge in [0.25, 0.3) is 5.91 Å². The second kappa shape index (κ2) is 7.86. The molecule has 0 radical (unpaired) electrons. The molecule has 5 nitrogen and oxygen atoms in total. The number of hydrogen-bond donors (Lipinski definition) is 1. The molecule has 0 heterocycles. The molecule has 1 aromatic carbocycles. The molecule has 106 valence electrons. The van der Waals surface area contributed by atoms with Crippen LogP contribution in [0.25, 0.3) is 0 Å². The third kappa shape index (κ3) is 4.61. The first-order valence-corrected chi connectivity index (χ1v) is 6.19. The van der Waals surface area contributed by atoms with Crippen molar-refractivity contribution in [2.45, 2.75) is 5.38 Å². The van der Waals surface area contributed by atoms with E-state index in [-0.39, 0.29) is 11.3 Å². The molecule has 0 aliphatic carbocycles. The minimum absolute atomic E-state index is 0.220. The highest BCUT2D eigenvalue weighted by molar-refractivity contribution is 6.21. The summed E-state index contributed by atoms with van der Waals surface area (Å²) >= 11 is 5.93. The number of carbonyl (C=O) groups is 1. The molecule has 1 aromatic rings. The third-order valence-electron chi connectivity index (χ3n) is 2.48. The largest absolute Gasteiger partial charge is 0.493 e. The van der Waals surface area contributed by atoms with Crippen molar-refractivity contribution in [2.24, 2.45) is 0 Å². The highest BCUT2D eigenvalue weighted by Crippen LogP contribution is 2.27. The number of methoxy groups -OCH3 is 3. The fourth-order valence-corrected chi connectivity index (χ4v) is 1.73. The van der Waals surface area contributed by atoms with Gasteiger partial charge in [-0.25, -0.2) is 0 Å². The van der Waals surface area contributed by atoms with Crippen molar-refractivity contribution >= 4 is 17.5 Å². The van der Waals surface area contributed by atoms with E-state index in [2.05, 4.69) is 5.32 Å². The summed E-state index contributed by atoms with van der Waals surface area (Å²) in [5.41, 5.74) is 0.485. The van der Waals surface area contributed by atoms with Gasteiger partial charge in [0, 0.05) is 19.2 Å². The van der Waals surface area contributed by atoms with Gasteiger partial charge in [0.15, 0.2) is 11.5 Å². The van der Waals surface area contributed by atoms with Gasteiger partial charge >= 0.3 is 0 Å². The molecule has 1 atom stereocenters. The second-order valence-corrected chi connectivity index (χ2v) is 4.45. The highest BCUT2D eigenvalue weighted by Gasteiger charge is 2.12. The zero-order chi connectivity index (χ0) is 14.3. The minimum Gasteiger partial charge on any atom is -0.493 e. The summed E-state index contributed by atoms with van der Waals surface area (Å²) in [6, 6.07) is 4.96. The van der Waals surface area contributed by atoms with Crippen molar-refractivity contribution in [2.75, 3.05) is 34.5 Å². The quantitative estimate of drug-likeness (QED) is 0.776. The lowest BCUT2D eigenvalue weighted by Gasteiger charge is -2.12. The first kappa shape index (κ1) is 15.6. The number of ether oxygens (including phenoxy) is 3. The van der Waals surface area contributed by atoms with E-state index in [0.29, 0.717) is 30.2 Å². The molecule has 0 aromatic heterocycles. The molecule has 19 heavy (non-hydrogen) atoms. The first-order valence-electron chi connectivity index (χ1n) is 5.75. The van der Waals surface area contributed by atoms with Crippen molar-refractivity contribution < 1.29 is 19.0 Å². The second-order valence-electron chi connectivity index (χ2n) is 3.83. The Kier molecular flexibility index (Phi) is 6.45. The van der Waals surface area contributed by atoms with Crippen LogP contribution < -0.4 is 14.8 Å². The smallest absolute Gasteiger partial charge is 0.251 e. The van der Waals surface area contributed by atoms with Crippen LogP contribution in [0.4, 0.5) is 0 Å². The Morgan fingerprint density at radius 3 is 2.53 bits per heavy atom. The maximum Gasteiger partial charge on any atom is 0.251 e. The van der Waals surface area contributed by atoms with E-state index in [0.717, 1.165) is 0 Å². The Hall–Kier alpha value is -1.46. The maximum atomic E-state index is 11.9. The number of carbonyl (C=O) groups excluding carboxylic acids is 1. The third-order valence-corrected chi connectivity index (χ3v) is 2.76. The zero-order valence-corrected chi connectivity index (χ0v) is 12.0. The van der Waals surface area contributed by atoms with Crippen LogP contribution in [-0.2, 0) is 4.74 Å². The number of halogens is 1. The first-order chi connectivity index (χ1) is 9.12. The number of rotatable bonds is 7. The standard InChI is InChI=1S/C13H18ClNO4/c1-17-8-10(14)7-15-13(16)9-4-5-11(18-2)12(6-9)19-3/h4-6,10H,7-8H2,1-3H3,(H,15,16). The number of alkyl halides is 1. The Morgan fingerprint density at radius 1 is 1.26 bits per heavy atom. The van der Waals surface area contributed by atoms with Crippen molar-refractivity contribution in [3.05, 3.63) is 23.8 Å². The lowest BCUT2D eigenvalue weighted by atomic mass is 10.2. The number of hydrogen-bond acceptors (Lipinski definition) is 4. The van der Waals surface area contributed by atoms with E-state index >= 15 is 0 Å². The molecular weight excluding hydrogens is 270 g/mol. The van der Waals surface area contributed by atoms with Crippen LogP contribution in [0.5, 0.6) is 11.5 Å². The van der Waals surface area contributed by atoms with Gasteiger partial charge in [0.1, 0.15) is 0 Å². The van der Waals surface area contributed by atoms with Gasteiger partial charge < -0.3 is 19.5 Å². The lowest BCUT2D eigenvalue weighted by molar-refractivity contribution is 0.0949. The molecular formula is C13H18ClNO4. The topological polar surface area (TPSA) is 56.8 Å². The van der Waals surface area contributed by atoms with Crippen molar-refractivity contribution in [1.29, 1.82) is 0 Å². The van der Waals surface area contributed by atoms with Gasteiger partial charge in [-0.05, 0) is 18.2 Å². The predicted octanol–water partition coefficient (Wildman–Crippen LogP) is 1.69. The summed E-state index contributed by atoms with van der Waals surface area (Å²) < 4.78 is 15.1. The van der Waals surface area contributed by atoms with Crippen LogP contribution in [0.1, 0.15) is 10.4 Å². The highest BCUT2D eigenvalue weighted by atomic mass is 35.5. The molecule has 0 spiro atoms. The minimum atomic E-state index is -0.255. The summed E-state index contributed by atoms with van der Waals surface area (Å²) in [5, 5.41) is 2.47. The van der Waals surface area contributed by atoms with Crippen LogP contribution in [0.3, 0.4) is 0 Å². The summed E-state index contributed by atoms with van der Waals surface area (Å²) in [6.45, 7) is 0.719. The molecule has 0 saturated carbocycles. The molecule has 0 fully saturated rings. The molecule has 1 amide bonds. The summed E-state index contributed by atoms with van der Waals surface area (Å²) in [5.74, 6) is 0.867. The number of amides is 1. The Morgan fingerprint density at radius 2 is 1.95 bits per heavy atom. The van der Waals surface area contributed by atoms with Gasteiger partial charge in [-0.2, -0.15) is 0 Å². The molecule has 0 aliphatic rings. The number of nitrogens with one attached hydrogen (secondary N) is 1. The lowest BCUT2D eigenvalue weighted by Crippen LogP contribution is -2.31. The van der Waals surface area contributed by atoms with Crippen LogP contribution in [0.2, 0.25) is 0 Å². The maximum absolute atomic E-state index is 11.9. The average molecular weight is 288 g/mol. The summed E-state index contributed by atoms with van der Waals surface area (Å²) in [4.78, 5) is 11.9. The van der Waals surface area contributed by atoms with Crippen molar-refractivity contribution in [3.8, 4) is 11.5 Å². The zero-order valence-electron chi connectivity index (χ0n) is 11.2. The molecule has 1 rings (SSSR count). The fourth-order valence-electron chi connectivity index (χ4n) is 1.52. The molecule has 0 aliphatic heterocycles. The van der Waals surface area contributed by atoms with Gasteiger partial charge in [-0.15, -0.1) is 11.6 Å². The van der Waals surface area contributed by atoms with Crippen LogP contribution in [0, 0.1) is 0 Å². The van der Waals surface area contributed by atoms with E-state index in [9.17, 15) is 4.79 Å². The van der Waals surface area contributed by atoms with Crippen LogP contribution in [-0.4, -0.2) is 45.8 Å². The van der Waals surface area contributed by atoms with Gasteiger partial charge in [-0.1, -0.05) is 0 Å².